The van der Waals surface area contributed by atoms with Crippen LogP contribution in [0.25, 0.3) is 0 Å². The highest BCUT2D eigenvalue weighted by atomic mass is 35.5. The molecular formula is C19H22ClN3O4S2. The van der Waals surface area contributed by atoms with E-state index in [4.69, 9.17) is 33.3 Å². The fourth-order valence-corrected chi connectivity index (χ4v) is 4.66. The van der Waals surface area contributed by atoms with Gasteiger partial charge in [-0.1, -0.05) is 17.7 Å². The largest absolute Gasteiger partial charge is 0.495 e. The summed E-state index contributed by atoms with van der Waals surface area (Å²) in [6.45, 7) is 3.35. The van der Waals surface area contributed by atoms with Crippen molar-refractivity contribution in [2.75, 3.05) is 44.0 Å². The summed E-state index contributed by atoms with van der Waals surface area (Å²) in [5.41, 5.74) is 2.25. The fraction of sp³-hybridized carbons (Fsp3) is 0.316. The van der Waals surface area contributed by atoms with Crippen LogP contribution in [0.1, 0.15) is 5.56 Å². The molecule has 1 heterocycles. The van der Waals surface area contributed by atoms with Crippen molar-refractivity contribution in [3.8, 4) is 5.75 Å². The predicted octanol–water partition coefficient (Wildman–Crippen LogP) is 3.49. The molecule has 0 spiro atoms. The molecule has 0 radical (unpaired) electrons. The third-order valence-corrected chi connectivity index (χ3v) is 6.96. The number of ether oxygens (including phenoxy) is 2. The number of methoxy groups -OCH3 is 1. The summed E-state index contributed by atoms with van der Waals surface area (Å²) in [6, 6.07) is 10.2. The number of rotatable bonds is 5. The van der Waals surface area contributed by atoms with Gasteiger partial charge in [-0.3, -0.25) is 0 Å². The molecule has 0 aliphatic carbocycles. The quantitative estimate of drug-likeness (QED) is 0.668. The topological polar surface area (TPSA) is 79.9 Å². The monoisotopic (exact) mass is 455 g/mol. The second kappa shape index (κ2) is 9.27. The van der Waals surface area contributed by atoms with Gasteiger partial charge in [0.05, 0.1) is 30.9 Å². The second-order valence-corrected chi connectivity index (χ2v) is 9.18. The lowest BCUT2D eigenvalue weighted by Crippen LogP contribution is -2.40. The van der Waals surface area contributed by atoms with Crippen LogP contribution in [0, 0.1) is 6.92 Å². The molecule has 10 heteroatoms. The summed E-state index contributed by atoms with van der Waals surface area (Å²) >= 11 is 11.5. The van der Waals surface area contributed by atoms with Gasteiger partial charge in [0.2, 0.25) is 10.0 Å². The summed E-state index contributed by atoms with van der Waals surface area (Å²) in [4.78, 5) is 0.158. The number of hydrogen-bond donors (Lipinski definition) is 2. The van der Waals surface area contributed by atoms with E-state index in [1.807, 2.05) is 19.1 Å². The minimum absolute atomic E-state index is 0.158. The molecule has 29 heavy (non-hydrogen) atoms. The SMILES string of the molecule is COc1cc(S(=O)(=O)N2CCOCC2)ccc1NC(=S)Nc1ccc(C)c(Cl)c1. The summed E-state index contributed by atoms with van der Waals surface area (Å²) in [6.07, 6.45) is 0. The highest BCUT2D eigenvalue weighted by Gasteiger charge is 2.27. The number of thiocarbonyl (C=S) groups is 1. The molecule has 0 bridgehead atoms. The Morgan fingerprint density at radius 3 is 2.55 bits per heavy atom. The molecule has 2 aromatic rings. The maximum absolute atomic E-state index is 12.8. The molecule has 0 saturated carbocycles. The van der Waals surface area contributed by atoms with E-state index >= 15 is 0 Å². The van der Waals surface area contributed by atoms with Gasteiger partial charge in [0, 0.05) is 29.9 Å². The van der Waals surface area contributed by atoms with Crippen molar-refractivity contribution in [2.24, 2.45) is 0 Å². The number of sulfonamides is 1. The predicted molar refractivity (Wildman–Crippen MR) is 119 cm³/mol. The number of nitrogens with zero attached hydrogens (tertiary/aromatic N) is 1. The van der Waals surface area contributed by atoms with Gasteiger partial charge >= 0.3 is 0 Å². The Hall–Kier alpha value is -1.91. The van der Waals surface area contributed by atoms with E-state index in [0.717, 1.165) is 11.3 Å². The molecular weight excluding hydrogens is 434 g/mol. The fourth-order valence-electron chi connectivity index (χ4n) is 2.83. The van der Waals surface area contributed by atoms with Crippen LogP contribution in [0.15, 0.2) is 41.3 Å². The normalized spacial score (nSPS) is 15.0. The first kappa shape index (κ1) is 21.8. The molecule has 1 saturated heterocycles. The van der Waals surface area contributed by atoms with E-state index in [0.29, 0.717) is 47.9 Å². The van der Waals surface area contributed by atoms with E-state index in [2.05, 4.69) is 10.6 Å². The summed E-state index contributed by atoms with van der Waals surface area (Å²) in [5.74, 6) is 0.366. The maximum atomic E-state index is 12.8. The van der Waals surface area contributed by atoms with E-state index in [1.54, 1.807) is 12.1 Å². The van der Waals surface area contributed by atoms with E-state index in [9.17, 15) is 8.42 Å². The zero-order valence-electron chi connectivity index (χ0n) is 16.1. The average Bonchev–Trinajstić information content (AvgIpc) is 2.71. The second-order valence-electron chi connectivity index (χ2n) is 6.42. The molecule has 7 nitrogen and oxygen atoms in total. The van der Waals surface area contributed by atoms with Gasteiger partial charge in [-0.15, -0.1) is 0 Å². The Morgan fingerprint density at radius 1 is 1.17 bits per heavy atom. The summed E-state index contributed by atoms with van der Waals surface area (Å²) in [5, 5.41) is 7.03. The molecule has 0 unspecified atom stereocenters. The number of halogens is 1. The maximum Gasteiger partial charge on any atom is 0.243 e. The highest BCUT2D eigenvalue weighted by molar-refractivity contribution is 7.89. The number of anilines is 2. The van der Waals surface area contributed by atoms with Crippen molar-refractivity contribution in [1.29, 1.82) is 0 Å². The van der Waals surface area contributed by atoms with Crippen LogP contribution >= 0.6 is 23.8 Å². The lowest BCUT2D eigenvalue weighted by Gasteiger charge is -2.26. The zero-order chi connectivity index (χ0) is 21.0. The first-order valence-corrected chi connectivity index (χ1v) is 11.1. The van der Waals surface area contributed by atoms with Gasteiger partial charge < -0.3 is 20.1 Å². The van der Waals surface area contributed by atoms with Crippen LogP contribution in [0.4, 0.5) is 11.4 Å². The summed E-state index contributed by atoms with van der Waals surface area (Å²) in [7, 11) is -2.14. The Labute approximate surface area is 181 Å². The van der Waals surface area contributed by atoms with Crippen LogP contribution in [0.2, 0.25) is 5.02 Å². The molecule has 2 N–H and O–H groups in total. The molecule has 1 fully saturated rings. The van der Waals surface area contributed by atoms with Gasteiger partial charge in [-0.2, -0.15) is 4.31 Å². The van der Waals surface area contributed by atoms with Gasteiger partial charge in [0.25, 0.3) is 0 Å². The lowest BCUT2D eigenvalue weighted by molar-refractivity contribution is 0.0730. The van der Waals surface area contributed by atoms with Crippen molar-refractivity contribution in [1.82, 2.24) is 4.31 Å². The third kappa shape index (κ3) is 5.18. The molecule has 0 atom stereocenters. The Morgan fingerprint density at radius 2 is 1.90 bits per heavy atom. The smallest absolute Gasteiger partial charge is 0.243 e. The molecule has 0 aromatic heterocycles. The molecule has 0 amide bonds. The van der Waals surface area contributed by atoms with Crippen molar-refractivity contribution < 1.29 is 17.9 Å². The molecule has 1 aliphatic heterocycles. The molecule has 156 valence electrons. The first-order valence-electron chi connectivity index (χ1n) is 8.91. The molecule has 2 aromatic carbocycles. The Balaban J connectivity index is 1.76. The van der Waals surface area contributed by atoms with E-state index < -0.39 is 10.0 Å². The van der Waals surface area contributed by atoms with Crippen molar-refractivity contribution in [3.05, 3.63) is 47.0 Å². The highest BCUT2D eigenvalue weighted by Crippen LogP contribution is 2.30. The van der Waals surface area contributed by atoms with Crippen LogP contribution < -0.4 is 15.4 Å². The Kier molecular flexibility index (Phi) is 6.97. The number of hydrogen-bond acceptors (Lipinski definition) is 5. The van der Waals surface area contributed by atoms with E-state index in [1.165, 1.54) is 23.5 Å². The van der Waals surface area contributed by atoms with Crippen molar-refractivity contribution in [2.45, 2.75) is 11.8 Å². The third-order valence-electron chi connectivity index (χ3n) is 4.46. The average molecular weight is 456 g/mol. The molecule has 1 aliphatic rings. The van der Waals surface area contributed by atoms with Gasteiger partial charge in [0.1, 0.15) is 5.75 Å². The van der Waals surface area contributed by atoms with Crippen molar-refractivity contribution in [3.63, 3.8) is 0 Å². The van der Waals surface area contributed by atoms with Crippen LogP contribution in [0.5, 0.6) is 5.75 Å². The van der Waals surface area contributed by atoms with Crippen LogP contribution in [0.3, 0.4) is 0 Å². The zero-order valence-corrected chi connectivity index (χ0v) is 18.5. The molecule has 3 rings (SSSR count). The summed E-state index contributed by atoms with van der Waals surface area (Å²) < 4.78 is 37.7. The number of aryl methyl sites for hydroxylation is 1. The van der Waals surface area contributed by atoms with Crippen molar-refractivity contribution >= 4 is 50.3 Å². The number of morpholine rings is 1. The minimum atomic E-state index is -3.61. The number of benzene rings is 2. The number of nitrogens with one attached hydrogen (secondary N) is 2. The van der Waals surface area contributed by atoms with Gasteiger partial charge in [-0.05, 0) is 49.0 Å². The van der Waals surface area contributed by atoms with Crippen LogP contribution in [-0.4, -0.2) is 51.2 Å². The van der Waals surface area contributed by atoms with E-state index in [-0.39, 0.29) is 4.90 Å². The van der Waals surface area contributed by atoms with Gasteiger partial charge in [-0.25, -0.2) is 8.42 Å². The first-order chi connectivity index (χ1) is 13.8. The lowest BCUT2D eigenvalue weighted by atomic mass is 10.2. The minimum Gasteiger partial charge on any atom is -0.495 e. The van der Waals surface area contributed by atoms with Crippen LogP contribution in [-0.2, 0) is 14.8 Å². The van der Waals surface area contributed by atoms with Gasteiger partial charge in [0.15, 0.2) is 5.11 Å². The standard InChI is InChI=1S/C19H22ClN3O4S2/c1-13-3-4-14(11-16(13)20)21-19(28)22-17-6-5-15(12-18(17)26-2)29(24,25)23-7-9-27-10-8-23/h3-6,11-12H,7-10H2,1-2H3,(H2,21,22,28). The Bertz CT molecular complexity index is 1010.